The molecule has 0 N–H and O–H groups in total. The standard InChI is InChI=1S/C16H24O3/c1-7-13(16(17)19-6)9-14-11(3)8-10(2)12(4)15(14)18-5/h8,13H,7,9H2,1-6H3. The van der Waals surface area contributed by atoms with Crippen molar-refractivity contribution in [2.24, 2.45) is 5.92 Å². The molecule has 0 aromatic heterocycles. The average molecular weight is 264 g/mol. The Morgan fingerprint density at radius 1 is 1.21 bits per heavy atom. The molecular formula is C16H24O3. The van der Waals surface area contributed by atoms with E-state index < -0.39 is 0 Å². The van der Waals surface area contributed by atoms with Gasteiger partial charge < -0.3 is 9.47 Å². The van der Waals surface area contributed by atoms with Gasteiger partial charge in [-0.15, -0.1) is 0 Å². The number of aryl methyl sites for hydroxylation is 2. The van der Waals surface area contributed by atoms with E-state index in [1.165, 1.54) is 18.2 Å². The van der Waals surface area contributed by atoms with Gasteiger partial charge in [-0.25, -0.2) is 0 Å². The molecule has 1 aromatic rings. The molecule has 19 heavy (non-hydrogen) atoms. The van der Waals surface area contributed by atoms with E-state index in [2.05, 4.69) is 26.8 Å². The Hall–Kier alpha value is -1.51. The highest BCUT2D eigenvalue weighted by molar-refractivity contribution is 5.73. The van der Waals surface area contributed by atoms with Crippen molar-refractivity contribution in [3.05, 3.63) is 28.3 Å². The molecule has 0 fully saturated rings. The van der Waals surface area contributed by atoms with E-state index in [-0.39, 0.29) is 11.9 Å². The van der Waals surface area contributed by atoms with Crippen LogP contribution in [0.5, 0.6) is 5.75 Å². The first-order chi connectivity index (χ1) is 8.96. The fourth-order valence-corrected chi connectivity index (χ4v) is 2.44. The Labute approximate surface area is 115 Å². The number of hydrogen-bond donors (Lipinski definition) is 0. The molecule has 0 bridgehead atoms. The highest BCUT2D eigenvalue weighted by Gasteiger charge is 2.22. The molecular weight excluding hydrogens is 240 g/mol. The predicted molar refractivity (Wildman–Crippen MR) is 76.7 cm³/mol. The highest BCUT2D eigenvalue weighted by Crippen LogP contribution is 2.32. The Bertz CT molecular complexity index is 464. The number of rotatable bonds is 5. The van der Waals surface area contributed by atoms with Crippen LogP contribution in [0.25, 0.3) is 0 Å². The van der Waals surface area contributed by atoms with E-state index in [0.717, 1.165) is 23.3 Å². The van der Waals surface area contributed by atoms with Gasteiger partial charge in [0.15, 0.2) is 0 Å². The molecule has 0 radical (unpaired) electrons. The molecule has 3 nitrogen and oxygen atoms in total. The SMILES string of the molecule is CCC(Cc1c(C)cc(C)c(C)c1OC)C(=O)OC. The lowest BCUT2D eigenvalue weighted by molar-refractivity contribution is -0.145. The zero-order chi connectivity index (χ0) is 14.6. The van der Waals surface area contributed by atoms with Gasteiger partial charge in [-0.2, -0.15) is 0 Å². The number of hydrogen-bond acceptors (Lipinski definition) is 3. The van der Waals surface area contributed by atoms with Crippen molar-refractivity contribution in [3.8, 4) is 5.75 Å². The number of benzene rings is 1. The van der Waals surface area contributed by atoms with E-state index in [1.807, 2.05) is 6.92 Å². The zero-order valence-corrected chi connectivity index (χ0v) is 12.8. The summed E-state index contributed by atoms with van der Waals surface area (Å²) in [7, 11) is 3.12. The molecule has 0 heterocycles. The smallest absolute Gasteiger partial charge is 0.308 e. The lowest BCUT2D eigenvalue weighted by Gasteiger charge is -2.19. The summed E-state index contributed by atoms with van der Waals surface area (Å²) in [6, 6.07) is 2.15. The summed E-state index contributed by atoms with van der Waals surface area (Å²) in [5, 5.41) is 0. The molecule has 0 aliphatic carbocycles. The van der Waals surface area contributed by atoms with Gasteiger partial charge in [0, 0.05) is 0 Å². The van der Waals surface area contributed by atoms with Gasteiger partial charge in [0.1, 0.15) is 5.75 Å². The normalized spacial score (nSPS) is 12.1. The van der Waals surface area contributed by atoms with Gasteiger partial charge in [0.05, 0.1) is 20.1 Å². The summed E-state index contributed by atoms with van der Waals surface area (Å²) in [6.07, 6.45) is 1.43. The third-order valence-corrected chi connectivity index (χ3v) is 3.80. The number of methoxy groups -OCH3 is 2. The maximum absolute atomic E-state index is 11.7. The Morgan fingerprint density at radius 2 is 1.84 bits per heavy atom. The van der Waals surface area contributed by atoms with Crippen LogP contribution in [0.4, 0.5) is 0 Å². The lowest BCUT2D eigenvalue weighted by atomic mass is 9.90. The second-order valence-corrected chi connectivity index (χ2v) is 4.98. The molecule has 0 aliphatic heterocycles. The van der Waals surface area contributed by atoms with Gasteiger partial charge in [-0.3, -0.25) is 4.79 Å². The van der Waals surface area contributed by atoms with E-state index in [0.29, 0.717) is 6.42 Å². The van der Waals surface area contributed by atoms with Crippen LogP contribution in [0.15, 0.2) is 6.07 Å². The Balaban J connectivity index is 3.19. The van der Waals surface area contributed by atoms with Gasteiger partial charge >= 0.3 is 5.97 Å². The van der Waals surface area contributed by atoms with Gasteiger partial charge in [-0.1, -0.05) is 13.0 Å². The minimum Gasteiger partial charge on any atom is -0.496 e. The van der Waals surface area contributed by atoms with Crippen molar-refractivity contribution in [2.75, 3.05) is 14.2 Å². The van der Waals surface area contributed by atoms with Crippen LogP contribution in [0.1, 0.15) is 35.6 Å². The first-order valence-electron chi connectivity index (χ1n) is 6.67. The van der Waals surface area contributed by atoms with Gasteiger partial charge in [-0.05, 0) is 55.9 Å². The third-order valence-electron chi connectivity index (χ3n) is 3.80. The summed E-state index contributed by atoms with van der Waals surface area (Å²) >= 11 is 0. The van der Waals surface area contributed by atoms with Crippen molar-refractivity contribution in [1.82, 2.24) is 0 Å². The Morgan fingerprint density at radius 3 is 2.32 bits per heavy atom. The summed E-state index contributed by atoms with van der Waals surface area (Å²) in [5.74, 6) is 0.641. The first-order valence-corrected chi connectivity index (χ1v) is 6.67. The van der Waals surface area contributed by atoms with E-state index in [4.69, 9.17) is 9.47 Å². The van der Waals surface area contributed by atoms with E-state index in [1.54, 1.807) is 7.11 Å². The second kappa shape index (κ2) is 6.60. The summed E-state index contributed by atoms with van der Waals surface area (Å²) in [6.45, 7) is 8.20. The van der Waals surface area contributed by atoms with Gasteiger partial charge in [0.25, 0.3) is 0 Å². The van der Waals surface area contributed by atoms with E-state index >= 15 is 0 Å². The fraction of sp³-hybridized carbons (Fsp3) is 0.562. The van der Waals surface area contributed by atoms with Crippen LogP contribution in [-0.4, -0.2) is 20.2 Å². The molecule has 1 rings (SSSR count). The first kappa shape index (κ1) is 15.5. The summed E-state index contributed by atoms with van der Waals surface area (Å²) in [5.41, 5.74) is 4.64. The molecule has 0 saturated carbocycles. The molecule has 3 heteroatoms. The van der Waals surface area contributed by atoms with E-state index in [9.17, 15) is 4.79 Å². The highest BCUT2D eigenvalue weighted by atomic mass is 16.5. The largest absolute Gasteiger partial charge is 0.496 e. The second-order valence-electron chi connectivity index (χ2n) is 4.98. The number of carbonyl (C=O) groups is 1. The number of esters is 1. The predicted octanol–water partition coefficient (Wildman–Crippen LogP) is 3.36. The maximum Gasteiger partial charge on any atom is 0.308 e. The molecule has 0 aliphatic rings. The van der Waals surface area contributed by atoms with Crippen molar-refractivity contribution in [3.63, 3.8) is 0 Å². The number of ether oxygens (including phenoxy) is 2. The molecule has 1 atom stereocenters. The van der Waals surface area contributed by atoms with Crippen molar-refractivity contribution >= 4 is 5.97 Å². The minimum absolute atomic E-state index is 0.111. The van der Waals surface area contributed by atoms with Crippen LogP contribution < -0.4 is 4.74 Å². The molecule has 0 spiro atoms. The molecule has 0 saturated heterocycles. The van der Waals surface area contributed by atoms with Crippen molar-refractivity contribution < 1.29 is 14.3 Å². The molecule has 1 unspecified atom stereocenters. The topological polar surface area (TPSA) is 35.5 Å². The average Bonchev–Trinajstić information content (AvgIpc) is 2.40. The summed E-state index contributed by atoms with van der Waals surface area (Å²) < 4.78 is 10.4. The van der Waals surface area contributed by atoms with Crippen LogP contribution in [0, 0.1) is 26.7 Å². The molecule has 106 valence electrons. The van der Waals surface area contributed by atoms with Crippen molar-refractivity contribution in [2.45, 2.75) is 40.5 Å². The zero-order valence-electron chi connectivity index (χ0n) is 12.8. The quantitative estimate of drug-likeness (QED) is 0.765. The Kier molecular flexibility index (Phi) is 5.40. The van der Waals surface area contributed by atoms with Crippen LogP contribution in [0.2, 0.25) is 0 Å². The van der Waals surface area contributed by atoms with Gasteiger partial charge in [0.2, 0.25) is 0 Å². The monoisotopic (exact) mass is 264 g/mol. The third kappa shape index (κ3) is 3.28. The van der Waals surface area contributed by atoms with Crippen LogP contribution in [0.3, 0.4) is 0 Å². The molecule has 1 aromatic carbocycles. The molecule has 0 amide bonds. The number of carbonyl (C=O) groups excluding carboxylic acids is 1. The van der Waals surface area contributed by atoms with Crippen molar-refractivity contribution in [1.29, 1.82) is 0 Å². The van der Waals surface area contributed by atoms with Crippen LogP contribution >= 0.6 is 0 Å². The fourth-order valence-electron chi connectivity index (χ4n) is 2.44. The maximum atomic E-state index is 11.7. The minimum atomic E-state index is -0.151. The lowest BCUT2D eigenvalue weighted by Crippen LogP contribution is -2.19. The summed E-state index contributed by atoms with van der Waals surface area (Å²) in [4.78, 5) is 11.7. The van der Waals surface area contributed by atoms with Crippen LogP contribution in [-0.2, 0) is 16.0 Å².